The number of anilines is 1. The number of thioether (sulfide) groups is 1. The van der Waals surface area contributed by atoms with Crippen LogP contribution < -0.4 is 10.6 Å². The maximum Gasteiger partial charge on any atom is 0.446 e. The summed E-state index contributed by atoms with van der Waals surface area (Å²) < 4.78 is 43.2. The molecule has 0 unspecified atom stereocenters. The first-order chi connectivity index (χ1) is 13.3. The number of aromatic nitrogens is 1. The first-order valence-corrected chi connectivity index (χ1v) is 9.05. The zero-order valence-electron chi connectivity index (χ0n) is 14.7. The molecule has 0 saturated carbocycles. The van der Waals surface area contributed by atoms with Crippen molar-refractivity contribution in [2.45, 2.75) is 23.9 Å². The molecule has 0 atom stereocenters. The number of amides is 2. The van der Waals surface area contributed by atoms with E-state index >= 15 is 0 Å². The number of aryl methyl sites for hydroxylation is 1. The third-order valence-corrected chi connectivity index (χ3v) is 4.64. The smallest absolute Gasteiger partial charge is 0.359 e. The second kappa shape index (κ2) is 8.39. The van der Waals surface area contributed by atoms with Gasteiger partial charge in [0.2, 0.25) is 0 Å². The van der Waals surface area contributed by atoms with Gasteiger partial charge in [0.15, 0.2) is 5.76 Å². The molecule has 2 amide bonds. The Labute approximate surface area is 163 Å². The predicted octanol–water partition coefficient (Wildman–Crippen LogP) is 5.58. The van der Waals surface area contributed by atoms with Crippen molar-refractivity contribution in [2.24, 2.45) is 0 Å². The lowest BCUT2D eigenvalue weighted by Crippen LogP contribution is -2.28. The van der Waals surface area contributed by atoms with Gasteiger partial charge < -0.3 is 15.2 Å². The molecule has 0 spiro atoms. The zero-order chi connectivity index (χ0) is 20.1. The summed E-state index contributed by atoms with van der Waals surface area (Å²) in [7, 11) is 0. The molecule has 3 aromatic rings. The van der Waals surface area contributed by atoms with Gasteiger partial charge in [-0.25, -0.2) is 4.79 Å². The second-order valence-corrected chi connectivity index (χ2v) is 6.90. The van der Waals surface area contributed by atoms with Gasteiger partial charge in [0, 0.05) is 17.0 Å². The molecule has 1 aromatic heterocycles. The molecule has 0 aliphatic heterocycles. The van der Waals surface area contributed by atoms with E-state index in [4.69, 9.17) is 4.52 Å². The minimum Gasteiger partial charge on any atom is -0.359 e. The van der Waals surface area contributed by atoms with Crippen molar-refractivity contribution < 1.29 is 22.5 Å². The number of urea groups is 1. The van der Waals surface area contributed by atoms with Crippen LogP contribution in [0.1, 0.15) is 11.3 Å². The lowest BCUT2D eigenvalue weighted by atomic mass is 10.1. The maximum atomic E-state index is 12.7. The fraction of sp³-hybridized carbons (Fsp3) is 0.158. The van der Waals surface area contributed by atoms with E-state index in [1.807, 2.05) is 30.3 Å². The molecule has 5 nitrogen and oxygen atoms in total. The van der Waals surface area contributed by atoms with Crippen LogP contribution in [-0.4, -0.2) is 16.7 Å². The summed E-state index contributed by atoms with van der Waals surface area (Å²) in [5.74, 6) is 0.419. The van der Waals surface area contributed by atoms with Gasteiger partial charge in [0.1, 0.15) is 11.4 Å². The lowest BCUT2D eigenvalue weighted by Gasteiger charge is -2.12. The van der Waals surface area contributed by atoms with Crippen molar-refractivity contribution in [3.05, 3.63) is 65.9 Å². The van der Waals surface area contributed by atoms with Crippen molar-refractivity contribution in [3.8, 4) is 11.3 Å². The van der Waals surface area contributed by atoms with E-state index in [2.05, 4.69) is 15.8 Å². The van der Waals surface area contributed by atoms with E-state index in [0.717, 1.165) is 5.56 Å². The molecule has 2 aromatic carbocycles. The number of carbonyl (C=O) groups excluding carboxylic acids is 1. The molecule has 0 bridgehead atoms. The minimum absolute atomic E-state index is 0.0430. The second-order valence-electron chi connectivity index (χ2n) is 5.79. The Morgan fingerprint density at radius 2 is 1.79 bits per heavy atom. The topological polar surface area (TPSA) is 67.2 Å². The molecule has 2 N–H and O–H groups in total. The van der Waals surface area contributed by atoms with E-state index in [0.29, 0.717) is 22.7 Å². The van der Waals surface area contributed by atoms with Gasteiger partial charge >= 0.3 is 11.5 Å². The van der Waals surface area contributed by atoms with Crippen molar-refractivity contribution in [1.82, 2.24) is 10.5 Å². The van der Waals surface area contributed by atoms with Crippen LogP contribution >= 0.6 is 11.8 Å². The highest BCUT2D eigenvalue weighted by Crippen LogP contribution is 2.38. The van der Waals surface area contributed by atoms with Gasteiger partial charge in [-0.15, -0.1) is 0 Å². The highest BCUT2D eigenvalue weighted by molar-refractivity contribution is 8.00. The monoisotopic (exact) mass is 407 g/mol. The standard InChI is InChI=1S/C19H16F3N3O2S/c1-12-16(17(25-27-12)13-7-3-2-4-8-13)24-18(26)23-11-14-9-5-6-10-15(14)28-19(20,21)22/h2-10H,11H2,1H3,(H2,23,24,26). The summed E-state index contributed by atoms with van der Waals surface area (Å²) in [5.41, 5.74) is -2.39. The van der Waals surface area contributed by atoms with Crippen LogP contribution in [0.15, 0.2) is 64.0 Å². The molecule has 0 aliphatic carbocycles. The number of halogens is 3. The van der Waals surface area contributed by atoms with Gasteiger partial charge in [-0.2, -0.15) is 13.2 Å². The maximum absolute atomic E-state index is 12.7. The van der Waals surface area contributed by atoms with E-state index < -0.39 is 11.5 Å². The summed E-state index contributed by atoms with van der Waals surface area (Å²) in [5, 5.41) is 9.19. The number of nitrogens with zero attached hydrogens (tertiary/aromatic N) is 1. The minimum atomic E-state index is -4.40. The molecule has 146 valence electrons. The molecule has 0 fully saturated rings. The summed E-state index contributed by atoms with van der Waals surface area (Å²) in [4.78, 5) is 12.3. The van der Waals surface area contributed by atoms with Crippen molar-refractivity contribution >= 4 is 23.5 Å². The van der Waals surface area contributed by atoms with Crippen molar-refractivity contribution in [3.63, 3.8) is 0 Å². The van der Waals surface area contributed by atoms with Crippen LogP contribution in [0.3, 0.4) is 0 Å². The van der Waals surface area contributed by atoms with Gasteiger partial charge in [-0.05, 0) is 30.3 Å². The van der Waals surface area contributed by atoms with E-state index in [9.17, 15) is 18.0 Å². The first-order valence-electron chi connectivity index (χ1n) is 8.23. The Hall–Kier alpha value is -2.94. The van der Waals surface area contributed by atoms with Gasteiger partial charge in [-0.3, -0.25) is 0 Å². The number of hydrogen-bond acceptors (Lipinski definition) is 4. The largest absolute Gasteiger partial charge is 0.446 e. The normalized spacial score (nSPS) is 11.3. The van der Waals surface area contributed by atoms with Crippen molar-refractivity contribution in [2.75, 3.05) is 5.32 Å². The third-order valence-electron chi connectivity index (χ3n) is 3.79. The summed E-state index contributed by atoms with van der Waals surface area (Å²) >= 11 is -0.210. The van der Waals surface area contributed by atoms with Crippen LogP contribution in [0.5, 0.6) is 0 Å². The predicted molar refractivity (Wildman–Crippen MR) is 101 cm³/mol. The highest BCUT2D eigenvalue weighted by Gasteiger charge is 2.30. The fourth-order valence-corrected chi connectivity index (χ4v) is 3.19. The molecule has 0 saturated heterocycles. The fourth-order valence-electron chi connectivity index (χ4n) is 2.52. The molecule has 3 rings (SSSR count). The molecule has 0 aliphatic rings. The van der Waals surface area contributed by atoms with Crippen LogP contribution in [0.2, 0.25) is 0 Å². The number of benzene rings is 2. The SMILES string of the molecule is Cc1onc(-c2ccccc2)c1NC(=O)NCc1ccccc1SC(F)(F)F. The van der Waals surface area contributed by atoms with Gasteiger partial charge in [0.05, 0.1) is 0 Å². The Morgan fingerprint density at radius 3 is 2.50 bits per heavy atom. The molecular weight excluding hydrogens is 391 g/mol. The average Bonchev–Trinajstić information content (AvgIpc) is 3.01. The summed E-state index contributed by atoms with van der Waals surface area (Å²) in [6.45, 7) is 1.60. The molecule has 9 heteroatoms. The highest BCUT2D eigenvalue weighted by atomic mass is 32.2. The van der Waals surface area contributed by atoms with Gasteiger partial charge in [0.25, 0.3) is 0 Å². The Bertz CT molecular complexity index is 959. The Kier molecular flexibility index (Phi) is 5.93. The number of alkyl halides is 3. The van der Waals surface area contributed by atoms with Crippen LogP contribution in [0.25, 0.3) is 11.3 Å². The van der Waals surface area contributed by atoms with Crippen LogP contribution in [0, 0.1) is 6.92 Å². The van der Waals surface area contributed by atoms with Crippen LogP contribution in [-0.2, 0) is 6.54 Å². The summed E-state index contributed by atoms with van der Waals surface area (Å²) in [6.07, 6.45) is 0. The summed E-state index contributed by atoms with van der Waals surface area (Å²) in [6, 6.07) is 14.6. The number of rotatable bonds is 5. The third kappa shape index (κ3) is 5.07. The van der Waals surface area contributed by atoms with Crippen LogP contribution in [0.4, 0.5) is 23.7 Å². The van der Waals surface area contributed by atoms with E-state index in [1.165, 1.54) is 18.2 Å². The number of hydrogen-bond donors (Lipinski definition) is 2. The number of carbonyl (C=O) groups is 1. The molecule has 0 radical (unpaired) electrons. The molecular formula is C19H16F3N3O2S. The first kappa shape index (κ1) is 19.8. The van der Waals surface area contributed by atoms with E-state index in [1.54, 1.807) is 13.0 Å². The number of nitrogens with one attached hydrogen (secondary N) is 2. The Morgan fingerprint density at radius 1 is 1.11 bits per heavy atom. The average molecular weight is 407 g/mol. The zero-order valence-corrected chi connectivity index (χ0v) is 15.5. The Balaban J connectivity index is 1.69. The quantitative estimate of drug-likeness (QED) is 0.542. The van der Waals surface area contributed by atoms with Crippen molar-refractivity contribution in [1.29, 1.82) is 0 Å². The molecule has 1 heterocycles. The lowest BCUT2D eigenvalue weighted by molar-refractivity contribution is -0.0328. The van der Waals surface area contributed by atoms with Gasteiger partial charge in [-0.1, -0.05) is 53.7 Å². The van der Waals surface area contributed by atoms with E-state index in [-0.39, 0.29) is 23.2 Å². The molecule has 28 heavy (non-hydrogen) atoms.